The summed E-state index contributed by atoms with van der Waals surface area (Å²) >= 11 is 11.9. The van der Waals surface area contributed by atoms with Crippen LogP contribution in [-0.2, 0) is 40.5 Å². The highest BCUT2D eigenvalue weighted by Gasteiger charge is 2.26. The fourth-order valence-electron chi connectivity index (χ4n) is 5.21. The number of hydrogen-bond acceptors (Lipinski definition) is 13. The van der Waals surface area contributed by atoms with Crippen LogP contribution in [0.15, 0.2) is 103 Å². The molecule has 0 fully saturated rings. The Kier molecular flexibility index (Phi) is 9.52. The topological polar surface area (TPSA) is 297 Å². The molecule has 0 spiro atoms. The van der Waals surface area contributed by atoms with Gasteiger partial charge in [-0.1, -0.05) is 35.3 Å². The van der Waals surface area contributed by atoms with Gasteiger partial charge in [0, 0.05) is 27.1 Å². The molecule has 1 aromatic heterocycles. The zero-order valence-electron chi connectivity index (χ0n) is 25.6. The third kappa shape index (κ3) is 7.68. The minimum atomic E-state index is -5.31. The second-order valence-corrected chi connectivity index (χ2v) is 17.1. The summed E-state index contributed by atoms with van der Waals surface area (Å²) < 4.78 is 137. The standard InChI is InChI=1S/C29H17Cl2N5O13S4/c30-27-28(31)33-22-8-13(4-5-20(22)32-27)29(37)34-21-7-6-19(16-2-1-3-23(26(16)21)51(41,42)43)36-35-14-9-17-18(24(10-14)52(44,45)46)11-15(50(38,39)40)12-25(17)53(47,48)49/h1-12H,(H,34,37)(H,38,39,40)(H,41,42,43)(H,44,45,46)(H,47,48,49). The Morgan fingerprint density at radius 1 is 0.604 bits per heavy atom. The number of aromatic nitrogens is 2. The first kappa shape index (κ1) is 38.0. The van der Waals surface area contributed by atoms with Gasteiger partial charge in [-0.3, -0.25) is 23.0 Å². The number of halogens is 2. The third-order valence-electron chi connectivity index (χ3n) is 7.43. The van der Waals surface area contributed by atoms with Crippen molar-refractivity contribution in [3.05, 3.63) is 88.7 Å². The summed E-state index contributed by atoms with van der Waals surface area (Å²) in [5.41, 5.74) is -0.223. The molecule has 5 N–H and O–H groups in total. The number of benzene rings is 5. The number of rotatable bonds is 8. The van der Waals surface area contributed by atoms with Gasteiger partial charge in [0.1, 0.15) is 14.7 Å². The van der Waals surface area contributed by atoms with Crippen molar-refractivity contribution >= 4 is 119 Å². The van der Waals surface area contributed by atoms with Crippen molar-refractivity contribution in [2.45, 2.75) is 19.6 Å². The molecule has 1 heterocycles. The summed E-state index contributed by atoms with van der Waals surface area (Å²) in [6.45, 7) is 0. The fourth-order valence-corrected chi connectivity index (χ4v) is 8.25. The van der Waals surface area contributed by atoms with Crippen LogP contribution in [0.5, 0.6) is 0 Å². The molecule has 0 unspecified atom stereocenters. The quantitative estimate of drug-likeness (QED) is 0.0880. The molecule has 0 atom stereocenters. The van der Waals surface area contributed by atoms with Crippen molar-refractivity contribution in [3.63, 3.8) is 0 Å². The van der Waals surface area contributed by atoms with E-state index in [-0.39, 0.29) is 43.5 Å². The van der Waals surface area contributed by atoms with Crippen LogP contribution >= 0.6 is 23.2 Å². The number of carbonyl (C=O) groups is 1. The van der Waals surface area contributed by atoms with E-state index in [1.807, 2.05) is 0 Å². The van der Waals surface area contributed by atoms with Crippen LogP contribution in [-0.4, -0.2) is 67.8 Å². The van der Waals surface area contributed by atoms with Gasteiger partial charge in [-0.25, -0.2) is 9.97 Å². The molecule has 6 rings (SSSR count). The molecule has 0 saturated heterocycles. The van der Waals surface area contributed by atoms with Crippen molar-refractivity contribution in [1.29, 1.82) is 0 Å². The third-order valence-corrected chi connectivity index (χ3v) is 11.6. The summed E-state index contributed by atoms with van der Waals surface area (Å²) in [5.74, 6) is -0.763. The van der Waals surface area contributed by atoms with E-state index in [9.17, 15) is 56.7 Å². The summed E-state index contributed by atoms with van der Waals surface area (Å²) in [5, 5.41) is 8.57. The first-order valence-corrected chi connectivity index (χ1v) is 20.5. The molecular weight excluding hydrogens is 826 g/mol. The molecular formula is C29H17Cl2N5O13S4. The Labute approximate surface area is 308 Å². The Morgan fingerprint density at radius 3 is 1.83 bits per heavy atom. The number of nitrogens with zero attached hydrogens (tertiary/aromatic N) is 4. The second kappa shape index (κ2) is 13.3. The van der Waals surface area contributed by atoms with Gasteiger partial charge in [0.05, 0.1) is 33.0 Å². The highest BCUT2D eigenvalue weighted by Crippen LogP contribution is 2.39. The zero-order valence-corrected chi connectivity index (χ0v) is 30.3. The van der Waals surface area contributed by atoms with Crippen LogP contribution in [0, 0.1) is 0 Å². The van der Waals surface area contributed by atoms with Gasteiger partial charge in [-0.15, -0.1) is 5.11 Å². The van der Waals surface area contributed by atoms with Crippen LogP contribution in [0.1, 0.15) is 10.4 Å². The average molecular weight is 843 g/mol. The van der Waals surface area contributed by atoms with Gasteiger partial charge in [0.2, 0.25) is 0 Å². The van der Waals surface area contributed by atoms with E-state index >= 15 is 0 Å². The Morgan fingerprint density at radius 2 is 1.21 bits per heavy atom. The van der Waals surface area contributed by atoms with Crippen LogP contribution in [0.2, 0.25) is 10.3 Å². The fraction of sp³-hybridized carbons (Fsp3) is 0. The van der Waals surface area contributed by atoms with E-state index in [4.69, 9.17) is 23.2 Å². The summed E-state index contributed by atoms with van der Waals surface area (Å²) in [4.78, 5) is 17.4. The molecule has 5 aromatic carbocycles. The molecule has 0 bridgehead atoms. The maximum Gasteiger partial charge on any atom is 0.295 e. The van der Waals surface area contributed by atoms with Crippen LogP contribution in [0.25, 0.3) is 32.6 Å². The van der Waals surface area contributed by atoms with Crippen LogP contribution in [0.3, 0.4) is 0 Å². The first-order chi connectivity index (χ1) is 24.5. The van der Waals surface area contributed by atoms with E-state index in [2.05, 4.69) is 25.5 Å². The lowest BCUT2D eigenvalue weighted by molar-refractivity contribution is 0.102. The molecule has 274 valence electrons. The predicted molar refractivity (Wildman–Crippen MR) is 189 cm³/mol. The average Bonchev–Trinajstić information content (AvgIpc) is 3.05. The number of anilines is 1. The molecule has 6 aromatic rings. The minimum absolute atomic E-state index is 0.0327. The molecule has 0 aliphatic heterocycles. The first-order valence-electron chi connectivity index (χ1n) is 14.0. The van der Waals surface area contributed by atoms with Gasteiger partial charge in [0.15, 0.2) is 10.3 Å². The lowest BCUT2D eigenvalue weighted by Crippen LogP contribution is -2.13. The molecule has 0 aliphatic rings. The maximum absolute atomic E-state index is 13.4. The minimum Gasteiger partial charge on any atom is -0.321 e. The molecule has 18 nitrogen and oxygen atoms in total. The maximum atomic E-state index is 13.4. The largest absolute Gasteiger partial charge is 0.321 e. The van der Waals surface area contributed by atoms with Crippen LogP contribution < -0.4 is 5.32 Å². The number of nitrogens with one attached hydrogen (secondary N) is 1. The van der Waals surface area contributed by atoms with Gasteiger partial charge in [-0.2, -0.15) is 38.8 Å². The van der Waals surface area contributed by atoms with Gasteiger partial charge in [0.25, 0.3) is 46.4 Å². The van der Waals surface area contributed by atoms with Gasteiger partial charge in [-0.05, 0) is 60.7 Å². The predicted octanol–water partition coefficient (Wildman–Crippen LogP) is 5.90. The van der Waals surface area contributed by atoms with Crippen molar-refractivity contribution < 1.29 is 56.7 Å². The summed E-state index contributed by atoms with van der Waals surface area (Å²) in [6, 6.07) is 12.6. The van der Waals surface area contributed by atoms with E-state index in [0.29, 0.717) is 23.7 Å². The number of amides is 1. The Balaban J connectivity index is 1.50. The molecule has 0 aliphatic carbocycles. The van der Waals surface area contributed by atoms with Crippen molar-refractivity contribution in [1.82, 2.24) is 9.97 Å². The number of fused-ring (bicyclic) bond motifs is 3. The summed E-state index contributed by atoms with van der Waals surface area (Å²) in [7, 11) is -20.7. The Hall–Kier alpha value is -4.75. The van der Waals surface area contributed by atoms with Gasteiger partial charge >= 0.3 is 0 Å². The molecule has 0 saturated carbocycles. The lowest BCUT2D eigenvalue weighted by atomic mass is 10.1. The van der Waals surface area contributed by atoms with E-state index in [0.717, 1.165) is 12.1 Å². The van der Waals surface area contributed by atoms with Crippen molar-refractivity contribution in [3.8, 4) is 0 Å². The molecule has 1 amide bonds. The van der Waals surface area contributed by atoms with Crippen molar-refractivity contribution in [2.24, 2.45) is 10.2 Å². The normalized spacial score (nSPS) is 12.9. The smallest absolute Gasteiger partial charge is 0.295 e. The number of hydrogen-bond donors (Lipinski definition) is 5. The van der Waals surface area contributed by atoms with E-state index in [1.54, 1.807) is 0 Å². The highest BCUT2D eigenvalue weighted by atomic mass is 35.5. The molecule has 53 heavy (non-hydrogen) atoms. The second-order valence-electron chi connectivity index (χ2n) is 10.8. The molecule has 24 heteroatoms. The van der Waals surface area contributed by atoms with E-state index in [1.165, 1.54) is 42.5 Å². The number of azo groups is 1. The zero-order chi connectivity index (χ0) is 38.8. The monoisotopic (exact) mass is 841 g/mol. The SMILES string of the molecule is O=C(Nc1ccc(N=Nc2cc(S(=O)(=O)O)c3cc(S(=O)(=O)O)cc(S(=O)(=O)O)c3c2)c2cccc(S(=O)(=O)O)c12)c1ccc2nc(Cl)c(Cl)nc2c1. The lowest BCUT2D eigenvalue weighted by Gasteiger charge is -2.13. The number of carbonyl (C=O) groups excluding carboxylic acids is 1. The van der Waals surface area contributed by atoms with Gasteiger partial charge < -0.3 is 5.32 Å². The highest BCUT2D eigenvalue weighted by molar-refractivity contribution is 7.87. The molecule has 0 radical (unpaired) electrons. The van der Waals surface area contributed by atoms with E-state index < -0.39 is 82.4 Å². The van der Waals surface area contributed by atoms with Crippen LogP contribution in [0.4, 0.5) is 17.1 Å². The Bertz CT molecular complexity index is 3090. The van der Waals surface area contributed by atoms with Crippen molar-refractivity contribution in [2.75, 3.05) is 5.32 Å². The summed E-state index contributed by atoms with van der Waals surface area (Å²) in [6.07, 6.45) is 0.